The second kappa shape index (κ2) is 6.50. The van der Waals surface area contributed by atoms with Crippen LogP contribution in [0.2, 0.25) is 0 Å². The van der Waals surface area contributed by atoms with E-state index in [1.807, 2.05) is 11.8 Å². The van der Waals surface area contributed by atoms with Crippen LogP contribution in [-0.4, -0.2) is 36.7 Å². The van der Waals surface area contributed by atoms with Gasteiger partial charge in [0.15, 0.2) is 0 Å². The summed E-state index contributed by atoms with van der Waals surface area (Å²) in [6.45, 7) is 2.64. The molecule has 1 heterocycles. The van der Waals surface area contributed by atoms with E-state index in [4.69, 9.17) is 4.74 Å². The first kappa shape index (κ1) is 12.2. The predicted molar refractivity (Wildman–Crippen MR) is 66.6 cm³/mol. The van der Waals surface area contributed by atoms with Crippen LogP contribution in [0.4, 0.5) is 0 Å². The van der Waals surface area contributed by atoms with Gasteiger partial charge >= 0.3 is 0 Å². The number of nitrogens with one attached hydrogen (secondary N) is 1. The molecule has 0 bridgehead atoms. The van der Waals surface area contributed by atoms with Gasteiger partial charge in [-0.25, -0.2) is 0 Å². The van der Waals surface area contributed by atoms with Crippen LogP contribution in [-0.2, 0) is 9.53 Å². The van der Waals surface area contributed by atoms with E-state index >= 15 is 0 Å². The quantitative estimate of drug-likeness (QED) is 0.723. The van der Waals surface area contributed by atoms with Crippen molar-refractivity contribution in [3.63, 3.8) is 0 Å². The maximum Gasteiger partial charge on any atom is 0.220 e. The van der Waals surface area contributed by atoms with E-state index < -0.39 is 0 Å². The zero-order chi connectivity index (χ0) is 11.2. The third kappa shape index (κ3) is 4.74. The highest BCUT2D eigenvalue weighted by Crippen LogP contribution is 2.32. The molecule has 0 aromatic rings. The number of amides is 1. The van der Waals surface area contributed by atoms with Crippen LogP contribution in [0.25, 0.3) is 0 Å². The van der Waals surface area contributed by atoms with Gasteiger partial charge in [-0.3, -0.25) is 4.79 Å². The highest BCUT2D eigenvalue weighted by Gasteiger charge is 2.24. The first-order chi connectivity index (χ1) is 7.84. The van der Waals surface area contributed by atoms with Crippen LogP contribution in [0.3, 0.4) is 0 Å². The molecule has 3 nitrogen and oxygen atoms in total. The monoisotopic (exact) mass is 243 g/mol. The van der Waals surface area contributed by atoms with Crippen molar-refractivity contribution in [1.82, 2.24) is 5.32 Å². The molecule has 4 heteroatoms. The van der Waals surface area contributed by atoms with Crippen LogP contribution in [0, 0.1) is 5.92 Å². The molecule has 1 amide bonds. The number of hydrogen-bond donors (Lipinski definition) is 1. The molecular weight excluding hydrogens is 222 g/mol. The fourth-order valence-electron chi connectivity index (χ4n) is 1.92. The van der Waals surface area contributed by atoms with Gasteiger partial charge in [-0.15, -0.1) is 0 Å². The first-order valence-electron chi connectivity index (χ1n) is 6.30. The summed E-state index contributed by atoms with van der Waals surface area (Å²) in [5, 5.41) is 3.75. The molecule has 16 heavy (non-hydrogen) atoms. The van der Waals surface area contributed by atoms with Crippen molar-refractivity contribution in [2.45, 2.75) is 37.4 Å². The molecule has 1 saturated heterocycles. The molecule has 0 aromatic carbocycles. The number of carbonyl (C=O) groups excluding carboxylic acids is 1. The fourth-order valence-corrected chi connectivity index (χ4v) is 2.99. The van der Waals surface area contributed by atoms with Gasteiger partial charge in [-0.05, 0) is 31.6 Å². The molecule has 0 radical (unpaired) electrons. The maximum atomic E-state index is 11.4. The summed E-state index contributed by atoms with van der Waals surface area (Å²) >= 11 is 1.98. The van der Waals surface area contributed by atoms with Crippen LogP contribution >= 0.6 is 11.8 Å². The van der Waals surface area contributed by atoms with Crippen molar-refractivity contribution in [1.29, 1.82) is 0 Å². The maximum absolute atomic E-state index is 11.4. The lowest BCUT2D eigenvalue weighted by Crippen LogP contribution is -2.27. The molecule has 2 fully saturated rings. The third-order valence-electron chi connectivity index (χ3n) is 3.12. The number of ether oxygens (including phenoxy) is 1. The Morgan fingerprint density at radius 1 is 1.25 bits per heavy atom. The van der Waals surface area contributed by atoms with E-state index in [2.05, 4.69) is 5.32 Å². The summed E-state index contributed by atoms with van der Waals surface area (Å²) in [7, 11) is 0. The zero-order valence-electron chi connectivity index (χ0n) is 9.74. The molecule has 0 atom stereocenters. The average Bonchev–Trinajstić information content (AvgIpc) is 3.10. The van der Waals surface area contributed by atoms with Gasteiger partial charge in [0.1, 0.15) is 0 Å². The summed E-state index contributed by atoms with van der Waals surface area (Å²) < 4.78 is 5.31. The Labute approximate surface area is 102 Å². The Morgan fingerprint density at radius 2 is 2.00 bits per heavy atom. The standard InChI is InChI=1S/C12H21NO2S/c14-12(9-10-1-2-10)13-5-8-16-11-3-6-15-7-4-11/h10-11H,1-9H2,(H,13,14). The summed E-state index contributed by atoms with van der Waals surface area (Å²) in [5.74, 6) is 1.99. The highest BCUT2D eigenvalue weighted by molar-refractivity contribution is 7.99. The van der Waals surface area contributed by atoms with E-state index in [0.717, 1.165) is 37.2 Å². The topological polar surface area (TPSA) is 38.3 Å². The minimum Gasteiger partial charge on any atom is -0.381 e. The lowest BCUT2D eigenvalue weighted by molar-refractivity contribution is -0.121. The van der Waals surface area contributed by atoms with Gasteiger partial charge < -0.3 is 10.1 Å². The molecule has 0 unspecified atom stereocenters. The Hall–Kier alpha value is -0.220. The lowest BCUT2D eigenvalue weighted by Gasteiger charge is -2.21. The third-order valence-corrected chi connectivity index (χ3v) is 4.50. The lowest BCUT2D eigenvalue weighted by atomic mass is 10.2. The summed E-state index contributed by atoms with van der Waals surface area (Å²) in [6.07, 6.45) is 5.60. The van der Waals surface area contributed by atoms with E-state index in [1.54, 1.807) is 0 Å². The second-order valence-corrected chi connectivity index (χ2v) is 6.09. The number of carbonyl (C=O) groups is 1. The Kier molecular flexibility index (Phi) is 4.97. The first-order valence-corrected chi connectivity index (χ1v) is 7.35. The molecule has 1 aliphatic carbocycles. The van der Waals surface area contributed by atoms with Crippen molar-refractivity contribution in [2.75, 3.05) is 25.5 Å². The normalized spacial score (nSPS) is 22.0. The Morgan fingerprint density at radius 3 is 2.69 bits per heavy atom. The molecule has 0 spiro atoms. The van der Waals surface area contributed by atoms with Gasteiger partial charge in [-0.1, -0.05) is 0 Å². The fraction of sp³-hybridized carbons (Fsp3) is 0.917. The second-order valence-electron chi connectivity index (χ2n) is 4.68. The van der Waals surface area contributed by atoms with Crippen molar-refractivity contribution >= 4 is 17.7 Å². The zero-order valence-corrected chi connectivity index (χ0v) is 10.6. The summed E-state index contributed by atoms with van der Waals surface area (Å²) in [5.41, 5.74) is 0. The van der Waals surface area contributed by atoms with Crippen LogP contribution < -0.4 is 5.32 Å². The van der Waals surface area contributed by atoms with Gasteiger partial charge in [0, 0.05) is 37.2 Å². The molecule has 2 rings (SSSR count). The molecule has 1 aliphatic heterocycles. The van der Waals surface area contributed by atoms with E-state index in [9.17, 15) is 4.79 Å². The molecule has 1 saturated carbocycles. The molecule has 0 aromatic heterocycles. The minimum atomic E-state index is 0.245. The van der Waals surface area contributed by atoms with Gasteiger partial charge in [0.25, 0.3) is 0 Å². The minimum absolute atomic E-state index is 0.245. The summed E-state index contributed by atoms with van der Waals surface area (Å²) in [4.78, 5) is 11.4. The van der Waals surface area contributed by atoms with E-state index in [0.29, 0.717) is 5.92 Å². The van der Waals surface area contributed by atoms with Crippen molar-refractivity contribution in [3.8, 4) is 0 Å². The highest BCUT2D eigenvalue weighted by atomic mass is 32.2. The number of rotatable bonds is 6. The predicted octanol–water partition coefficient (Wildman–Crippen LogP) is 1.81. The Bertz CT molecular complexity index is 225. The Balaban J connectivity index is 1.45. The van der Waals surface area contributed by atoms with Crippen LogP contribution in [0.5, 0.6) is 0 Å². The number of hydrogen-bond acceptors (Lipinski definition) is 3. The van der Waals surface area contributed by atoms with Gasteiger partial charge in [0.2, 0.25) is 5.91 Å². The molecule has 1 N–H and O–H groups in total. The van der Waals surface area contributed by atoms with Gasteiger partial charge in [0.05, 0.1) is 0 Å². The molecule has 2 aliphatic rings. The molecular formula is C12H21NO2S. The smallest absolute Gasteiger partial charge is 0.220 e. The van der Waals surface area contributed by atoms with E-state index in [-0.39, 0.29) is 5.91 Å². The van der Waals surface area contributed by atoms with E-state index in [1.165, 1.54) is 25.7 Å². The van der Waals surface area contributed by atoms with Crippen LogP contribution in [0.1, 0.15) is 32.1 Å². The van der Waals surface area contributed by atoms with Gasteiger partial charge in [-0.2, -0.15) is 11.8 Å². The number of thioether (sulfide) groups is 1. The van der Waals surface area contributed by atoms with Crippen molar-refractivity contribution in [2.24, 2.45) is 5.92 Å². The largest absolute Gasteiger partial charge is 0.381 e. The SMILES string of the molecule is O=C(CC1CC1)NCCSC1CCOCC1. The van der Waals surface area contributed by atoms with Crippen molar-refractivity contribution < 1.29 is 9.53 Å². The van der Waals surface area contributed by atoms with Crippen molar-refractivity contribution in [3.05, 3.63) is 0 Å². The average molecular weight is 243 g/mol. The summed E-state index contributed by atoms with van der Waals surface area (Å²) in [6, 6.07) is 0. The molecule has 92 valence electrons. The van der Waals surface area contributed by atoms with Crippen LogP contribution in [0.15, 0.2) is 0 Å².